The molecule has 0 bridgehead atoms. The molecule has 0 heterocycles. The zero-order valence-corrected chi connectivity index (χ0v) is 40.6. The molecule has 10 aromatic rings. The molecule has 10 aromatic carbocycles. The minimum Gasteiger partial charge on any atom is -0.0622 e. The predicted molar refractivity (Wildman–Crippen MR) is 283 cm³/mol. The minimum atomic E-state index is -0.852. The molecule has 0 spiro atoms. The molecule has 0 fully saturated rings. The summed E-state index contributed by atoms with van der Waals surface area (Å²) in [6.45, 7) is 0. The third-order valence-electron chi connectivity index (χ3n) is 11.4. The summed E-state index contributed by atoms with van der Waals surface area (Å²) < 4.78 is 0. The van der Waals surface area contributed by atoms with Gasteiger partial charge in [0.2, 0.25) is 0 Å². The Labute approximate surface area is 401 Å². The van der Waals surface area contributed by atoms with Crippen molar-refractivity contribution < 1.29 is 15.1 Å². The van der Waals surface area contributed by atoms with E-state index in [0.29, 0.717) is 0 Å². The molecular formula is C58H48Cl2N2P2Ru. The van der Waals surface area contributed by atoms with Crippen LogP contribution >= 0.6 is 35.2 Å². The summed E-state index contributed by atoms with van der Waals surface area (Å²) in [5, 5.41) is 13.3. The molecule has 0 aliphatic carbocycles. The second-order valence-corrected chi connectivity index (χ2v) is 22.3. The molecule has 4 N–H and O–H groups in total. The van der Waals surface area contributed by atoms with Crippen LogP contribution in [-0.4, -0.2) is 0 Å². The SMILES string of the molecule is NC(c1ccccc1)C(N)c1ccccc1.[Cl][Ru][Cl].c1ccc(P(c2ccccc2)c2ccc3ccccc3c2-c2c(P(c3ccccc3)c3ccccc3)ccc3ccccc23)cc1. The maximum atomic E-state index is 6.15. The molecule has 2 atom stereocenters. The van der Waals surface area contributed by atoms with Gasteiger partial charge in [0.1, 0.15) is 0 Å². The van der Waals surface area contributed by atoms with Crippen molar-refractivity contribution >= 4 is 88.6 Å². The molecule has 0 aliphatic heterocycles. The summed E-state index contributed by atoms with van der Waals surface area (Å²) in [6.07, 6.45) is 0. The van der Waals surface area contributed by atoms with E-state index in [-0.39, 0.29) is 27.2 Å². The second-order valence-electron chi connectivity index (χ2n) is 15.3. The first-order valence-electron chi connectivity index (χ1n) is 21.4. The van der Waals surface area contributed by atoms with Crippen molar-refractivity contribution in [3.8, 4) is 11.1 Å². The second kappa shape index (κ2) is 23.2. The fraction of sp³-hybridized carbons (Fsp3) is 0.0345. The van der Waals surface area contributed by atoms with Crippen molar-refractivity contribution in [1.82, 2.24) is 0 Å². The minimum absolute atomic E-state index is 0.163. The number of hydrogen-bond donors (Lipinski definition) is 2. The van der Waals surface area contributed by atoms with Gasteiger partial charge in [-0.05, 0) is 91.5 Å². The first-order valence-corrected chi connectivity index (χ1v) is 28.5. The van der Waals surface area contributed by atoms with Crippen LogP contribution in [0.5, 0.6) is 0 Å². The molecule has 0 saturated carbocycles. The van der Waals surface area contributed by atoms with E-state index < -0.39 is 15.8 Å². The van der Waals surface area contributed by atoms with Gasteiger partial charge in [0, 0.05) is 12.1 Å². The van der Waals surface area contributed by atoms with Crippen LogP contribution in [0.1, 0.15) is 23.2 Å². The molecule has 2 unspecified atom stereocenters. The summed E-state index contributed by atoms with van der Waals surface area (Å²) in [5.74, 6) is 0. The molecule has 2 nitrogen and oxygen atoms in total. The van der Waals surface area contributed by atoms with Gasteiger partial charge in [-0.25, -0.2) is 0 Å². The van der Waals surface area contributed by atoms with Crippen molar-refractivity contribution in [3.63, 3.8) is 0 Å². The van der Waals surface area contributed by atoms with Gasteiger partial charge >= 0.3 is 34.5 Å². The maximum absolute atomic E-state index is 6.15. The van der Waals surface area contributed by atoms with Crippen LogP contribution in [0.3, 0.4) is 0 Å². The van der Waals surface area contributed by atoms with Crippen LogP contribution in [-0.2, 0) is 15.1 Å². The largest absolute Gasteiger partial charge is 0.0622 e. The van der Waals surface area contributed by atoms with Gasteiger partial charge in [-0.2, -0.15) is 0 Å². The first-order chi connectivity index (χ1) is 32.1. The van der Waals surface area contributed by atoms with Gasteiger partial charge in [-0.1, -0.05) is 255 Å². The summed E-state index contributed by atoms with van der Waals surface area (Å²) in [6, 6.07) is 91.4. The van der Waals surface area contributed by atoms with E-state index in [2.05, 4.69) is 194 Å². The molecule has 0 radical (unpaired) electrons. The van der Waals surface area contributed by atoms with E-state index in [4.69, 9.17) is 30.8 Å². The van der Waals surface area contributed by atoms with Crippen LogP contribution in [0, 0.1) is 0 Å². The van der Waals surface area contributed by atoms with Crippen molar-refractivity contribution in [1.29, 1.82) is 0 Å². The summed E-state index contributed by atoms with van der Waals surface area (Å²) in [5.41, 5.74) is 17.1. The quantitative estimate of drug-likeness (QED) is 0.106. The van der Waals surface area contributed by atoms with Crippen LogP contribution < -0.4 is 43.3 Å². The van der Waals surface area contributed by atoms with Crippen LogP contribution in [0.2, 0.25) is 0 Å². The molecule has 0 aromatic heterocycles. The van der Waals surface area contributed by atoms with E-state index in [9.17, 15) is 0 Å². The smallest absolute Gasteiger partial charge is 0.000884 e. The Kier molecular flexibility index (Phi) is 16.5. The molecule has 7 heteroatoms. The Hall–Kier alpha value is -5.30. The normalized spacial score (nSPS) is 12.0. The molecule has 0 aliphatic rings. The molecule has 322 valence electrons. The average Bonchev–Trinajstić information content (AvgIpc) is 3.38. The number of hydrogen-bond acceptors (Lipinski definition) is 2. The Morgan fingerprint density at radius 3 is 0.846 bits per heavy atom. The summed E-state index contributed by atoms with van der Waals surface area (Å²) in [4.78, 5) is 0. The van der Waals surface area contributed by atoms with Crippen molar-refractivity contribution in [3.05, 3.63) is 266 Å². The molecule has 65 heavy (non-hydrogen) atoms. The Morgan fingerprint density at radius 2 is 0.554 bits per heavy atom. The number of nitrogens with two attached hydrogens (primary N) is 2. The monoisotopic (exact) mass is 1010 g/mol. The van der Waals surface area contributed by atoms with Gasteiger partial charge in [0.15, 0.2) is 0 Å². The van der Waals surface area contributed by atoms with Crippen LogP contribution in [0.25, 0.3) is 32.7 Å². The zero-order valence-electron chi connectivity index (χ0n) is 35.6. The van der Waals surface area contributed by atoms with Gasteiger partial charge in [0.25, 0.3) is 0 Å². The molecule has 0 amide bonds. The van der Waals surface area contributed by atoms with Gasteiger partial charge in [-0.3, -0.25) is 0 Å². The van der Waals surface area contributed by atoms with Crippen LogP contribution in [0.15, 0.2) is 255 Å². The van der Waals surface area contributed by atoms with Crippen molar-refractivity contribution in [2.24, 2.45) is 11.5 Å². The fourth-order valence-electron chi connectivity index (χ4n) is 8.35. The van der Waals surface area contributed by atoms with Gasteiger partial charge in [-0.15, -0.1) is 0 Å². The third-order valence-corrected chi connectivity index (χ3v) is 16.3. The van der Waals surface area contributed by atoms with Crippen molar-refractivity contribution in [2.75, 3.05) is 0 Å². The van der Waals surface area contributed by atoms with E-state index in [1.165, 1.54) is 64.5 Å². The van der Waals surface area contributed by atoms with Gasteiger partial charge in [0.05, 0.1) is 0 Å². The summed E-state index contributed by atoms with van der Waals surface area (Å²) >= 11 is -0.346. The molecule has 10 rings (SSSR count). The van der Waals surface area contributed by atoms with Gasteiger partial charge < -0.3 is 11.5 Å². The molecule has 0 saturated heterocycles. The fourth-order valence-corrected chi connectivity index (χ4v) is 13.3. The first kappa shape index (κ1) is 46.2. The number of halogens is 2. The number of rotatable bonds is 10. The van der Waals surface area contributed by atoms with E-state index in [1.54, 1.807) is 0 Å². The maximum Gasteiger partial charge on any atom is -0.000884 e. The Bertz CT molecular complexity index is 2740. The zero-order chi connectivity index (χ0) is 44.8. The van der Waals surface area contributed by atoms with E-state index >= 15 is 0 Å². The topological polar surface area (TPSA) is 52.0 Å². The number of fused-ring (bicyclic) bond motifs is 2. The van der Waals surface area contributed by atoms with Crippen molar-refractivity contribution in [2.45, 2.75) is 12.1 Å². The standard InChI is InChI=1S/C44H32P2.C14H16N2.2ClH.Ru/c1-5-19-35(20-6-1)45(36-21-7-2-8-22-36)41-31-29-33-17-13-15-27-39(33)43(41)44-40-28-16-14-18-34(40)30-32-42(44)46(37-23-9-3-10-24-37)38-25-11-4-12-26-38;15-13(11-7-3-1-4-8-11)14(16)12-9-5-2-6-10-12;;;/h1-32H;1-10,13-14H,15-16H2;2*1H;/q;;;;+2/p-2. The average molecular weight is 1010 g/mol. The number of benzene rings is 10. The third kappa shape index (κ3) is 11.0. The van der Waals surface area contributed by atoms with E-state index in [1.807, 2.05) is 60.7 Å². The molecular weight excluding hydrogens is 959 g/mol. The van der Waals surface area contributed by atoms with Crippen LogP contribution in [0.4, 0.5) is 0 Å². The Morgan fingerprint density at radius 1 is 0.308 bits per heavy atom. The predicted octanol–water partition coefficient (Wildman–Crippen LogP) is 12.9. The summed E-state index contributed by atoms with van der Waals surface area (Å²) in [7, 11) is 8.00. The Balaban J connectivity index is 0.000000253. The van der Waals surface area contributed by atoms with E-state index in [0.717, 1.165) is 11.1 Å².